The largest absolute Gasteiger partial charge is 0.313 e. The van der Waals surface area contributed by atoms with Crippen LogP contribution in [-0.2, 0) is 0 Å². The summed E-state index contributed by atoms with van der Waals surface area (Å²) in [7, 11) is 0. The van der Waals surface area contributed by atoms with Gasteiger partial charge in [-0.1, -0.05) is 51.1 Å². The molecule has 0 amide bonds. The average Bonchev–Trinajstić information content (AvgIpc) is 2.44. The summed E-state index contributed by atoms with van der Waals surface area (Å²) in [5, 5.41) is 4.34. The number of nitrogens with one attached hydrogen (secondary N) is 1. The van der Waals surface area contributed by atoms with Gasteiger partial charge in [-0.2, -0.15) is 11.8 Å². The molecule has 1 aromatic rings. The van der Waals surface area contributed by atoms with Gasteiger partial charge >= 0.3 is 0 Å². The molecule has 0 spiro atoms. The molecule has 3 heteroatoms. The first-order valence-electron chi connectivity index (χ1n) is 7.75. The van der Waals surface area contributed by atoms with Crippen LogP contribution in [0.25, 0.3) is 0 Å². The van der Waals surface area contributed by atoms with E-state index < -0.39 is 0 Å². The molecule has 0 aromatic heterocycles. The molecule has 1 aliphatic heterocycles. The zero-order valence-corrected chi connectivity index (χ0v) is 14.0. The first-order valence-corrected chi connectivity index (χ1v) is 8.80. The summed E-state index contributed by atoms with van der Waals surface area (Å²) < 4.78 is 0. The van der Waals surface area contributed by atoms with Crippen LogP contribution in [0.5, 0.6) is 0 Å². The summed E-state index contributed by atoms with van der Waals surface area (Å²) in [5.74, 6) is 1.25. The summed E-state index contributed by atoms with van der Waals surface area (Å²) in [5.41, 5.74) is 1.44. The van der Waals surface area contributed by atoms with Crippen molar-refractivity contribution in [2.24, 2.45) is 0 Å². The van der Waals surface area contributed by atoms with Crippen molar-refractivity contribution in [1.82, 2.24) is 10.2 Å². The van der Waals surface area contributed by atoms with Crippen LogP contribution in [0.1, 0.15) is 39.3 Å². The maximum Gasteiger partial charge on any atom is 0.0476 e. The van der Waals surface area contributed by atoms with E-state index in [1.807, 2.05) is 0 Å². The fourth-order valence-corrected chi connectivity index (χ4v) is 3.97. The standard InChI is InChI=1S/C17H28N2S/c1-13(2)18-12-17(16-8-6-5-7-9-16)19-10-11-20-15(4)14(19)3/h5-9,13-15,17-18H,10-12H2,1-4H3. The van der Waals surface area contributed by atoms with Crippen molar-refractivity contribution in [2.75, 3.05) is 18.8 Å². The summed E-state index contributed by atoms with van der Waals surface area (Å²) in [6, 6.07) is 12.6. The lowest BCUT2D eigenvalue weighted by Crippen LogP contribution is -2.49. The van der Waals surface area contributed by atoms with Gasteiger partial charge < -0.3 is 5.32 Å². The average molecular weight is 292 g/mol. The smallest absolute Gasteiger partial charge is 0.0476 e. The predicted molar refractivity (Wildman–Crippen MR) is 90.4 cm³/mol. The van der Waals surface area contributed by atoms with Gasteiger partial charge in [0.15, 0.2) is 0 Å². The van der Waals surface area contributed by atoms with Crippen LogP contribution < -0.4 is 5.32 Å². The topological polar surface area (TPSA) is 15.3 Å². The molecule has 1 N–H and O–H groups in total. The summed E-state index contributed by atoms with van der Waals surface area (Å²) in [6.07, 6.45) is 0. The van der Waals surface area contributed by atoms with Gasteiger partial charge in [0.2, 0.25) is 0 Å². The second kappa shape index (κ2) is 7.48. The highest BCUT2D eigenvalue weighted by molar-refractivity contribution is 8.00. The van der Waals surface area contributed by atoms with Gasteiger partial charge in [0, 0.05) is 42.2 Å². The van der Waals surface area contributed by atoms with Gasteiger partial charge in [-0.05, 0) is 12.5 Å². The first kappa shape index (κ1) is 15.9. The summed E-state index contributed by atoms with van der Waals surface area (Å²) in [6.45, 7) is 11.4. The third-order valence-electron chi connectivity index (χ3n) is 4.24. The third-order valence-corrected chi connectivity index (χ3v) is 5.57. The molecule has 1 heterocycles. The van der Waals surface area contributed by atoms with Crippen LogP contribution in [0.4, 0.5) is 0 Å². The van der Waals surface area contributed by atoms with Gasteiger partial charge in [0.25, 0.3) is 0 Å². The number of hydrogen-bond donors (Lipinski definition) is 1. The van der Waals surface area contributed by atoms with Gasteiger partial charge in [0.05, 0.1) is 0 Å². The SMILES string of the molecule is CC(C)NCC(c1ccccc1)N1CCSC(C)C1C. The maximum absolute atomic E-state index is 3.63. The first-order chi connectivity index (χ1) is 9.59. The molecule has 1 saturated heterocycles. The zero-order valence-electron chi connectivity index (χ0n) is 13.2. The van der Waals surface area contributed by atoms with Crippen molar-refractivity contribution in [2.45, 2.75) is 51.1 Å². The number of rotatable bonds is 5. The lowest BCUT2D eigenvalue weighted by Gasteiger charge is -2.43. The Bertz CT molecular complexity index is 393. The van der Waals surface area contributed by atoms with Crippen molar-refractivity contribution in [1.29, 1.82) is 0 Å². The van der Waals surface area contributed by atoms with Crippen LogP contribution in [0.15, 0.2) is 30.3 Å². The zero-order chi connectivity index (χ0) is 14.5. The second-order valence-corrected chi connectivity index (χ2v) is 7.53. The Hall–Kier alpha value is -0.510. The number of nitrogens with zero attached hydrogens (tertiary/aromatic N) is 1. The Morgan fingerprint density at radius 1 is 1.25 bits per heavy atom. The molecule has 1 fully saturated rings. The molecular formula is C17H28N2S. The van der Waals surface area contributed by atoms with Crippen molar-refractivity contribution < 1.29 is 0 Å². The monoisotopic (exact) mass is 292 g/mol. The molecule has 0 saturated carbocycles. The minimum absolute atomic E-state index is 0.483. The van der Waals surface area contributed by atoms with Gasteiger partial charge in [0.1, 0.15) is 0 Å². The Kier molecular flexibility index (Phi) is 5.94. The lowest BCUT2D eigenvalue weighted by molar-refractivity contribution is 0.142. The van der Waals surface area contributed by atoms with E-state index >= 15 is 0 Å². The number of hydrogen-bond acceptors (Lipinski definition) is 3. The Balaban J connectivity index is 2.17. The Morgan fingerprint density at radius 3 is 2.60 bits per heavy atom. The van der Waals surface area contributed by atoms with Gasteiger partial charge in [-0.25, -0.2) is 0 Å². The molecule has 1 aliphatic rings. The highest BCUT2D eigenvalue weighted by Crippen LogP contribution is 2.31. The minimum atomic E-state index is 0.483. The van der Waals surface area contributed by atoms with E-state index in [1.54, 1.807) is 0 Å². The molecule has 3 unspecified atom stereocenters. The summed E-state index contributed by atoms with van der Waals surface area (Å²) >= 11 is 2.10. The molecular weight excluding hydrogens is 264 g/mol. The Morgan fingerprint density at radius 2 is 1.95 bits per heavy atom. The third kappa shape index (κ3) is 4.00. The van der Waals surface area contributed by atoms with Crippen molar-refractivity contribution in [3.8, 4) is 0 Å². The highest BCUT2D eigenvalue weighted by atomic mass is 32.2. The molecule has 3 atom stereocenters. The summed E-state index contributed by atoms with van der Waals surface area (Å²) in [4.78, 5) is 2.69. The molecule has 2 rings (SSSR count). The van der Waals surface area contributed by atoms with Gasteiger partial charge in [-0.15, -0.1) is 0 Å². The van der Waals surface area contributed by atoms with E-state index in [4.69, 9.17) is 0 Å². The molecule has 112 valence electrons. The van der Waals surface area contributed by atoms with Crippen LogP contribution in [0.2, 0.25) is 0 Å². The van der Waals surface area contributed by atoms with Gasteiger partial charge in [-0.3, -0.25) is 4.90 Å². The number of thioether (sulfide) groups is 1. The normalized spacial score (nSPS) is 25.9. The van der Waals surface area contributed by atoms with E-state index in [2.05, 4.69) is 80.0 Å². The van der Waals surface area contributed by atoms with Crippen LogP contribution in [0.3, 0.4) is 0 Å². The van der Waals surface area contributed by atoms with Crippen molar-refractivity contribution in [3.05, 3.63) is 35.9 Å². The molecule has 0 bridgehead atoms. The quantitative estimate of drug-likeness (QED) is 0.893. The second-order valence-electron chi connectivity index (χ2n) is 6.04. The van der Waals surface area contributed by atoms with E-state index in [-0.39, 0.29) is 0 Å². The van der Waals surface area contributed by atoms with E-state index in [9.17, 15) is 0 Å². The van der Waals surface area contributed by atoms with E-state index in [1.165, 1.54) is 17.9 Å². The maximum atomic E-state index is 3.63. The van der Waals surface area contributed by atoms with E-state index in [0.717, 1.165) is 6.54 Å². The molecule has 20 heavy (non-hydrogen) atoms. The molecule has 0 radical (unpaired) electrons. The fourth-order valence-electron chi connectivity index (χ4n) is 2.85. The predicted octanol–water partition coefficient (Wildman–Crippen LogP) is 3.55. The molecule has 1 aromatic carbocycles. The fraction of sp³-hybridized carbons (Fsp3) is 0.647. The number of benzene rings is 1. The molecule has 2 nitrogen and oxygen atoms in total. The van der Waals surface area contributed by atoms with Crippen LogP contribution in [-0.4, -0.2) is 41.1 Å². The highest BCUT2D eigenvalue weighted by Gasteiger charge is 2.31. The van der Waals surface area contributed by atoms with Crippen molar-refractivity contribution in [3.63, 3.8) is 0 Å². The van der Waals surface area contributed by atoms with E-state index in [0.29, 0.717) is 23.4 Å². The molecule has 0 aliphatic carbocycles. The lowest BCUT2D eigenvalue weighted by atomic mass is 10.0. The van der Waals surface area contributed by atoms with Crippen LogP contribution >= 0.6 is 11.8 Å². The Labute approximate surface area is 128 Å². The van der Waals surface area contributed by atoms with Crippen LogP contribution in [0, 0.1) is 0 Å². The minimum Gasteiger partial charge on any atom is -0.313 e. The van der Waals surface area contributed by atoms with Crippen molar-refractivity contribution >= 4 is 11.8 Å².